The normalized spacial score (nSPS) is 13.2. The number of anilines is 2. The molecular formula is C18H27N3O4. The molecule has 0 aliphatic carbocycles. The molecule has 2 amide bonds. The maximum absolute atomic E-state index is 12.3. The highest BCUT2D eigenvalue weighted by atomic mass is 16.5. The number of carbonyl (C=O) groups is 2. The van der Waals surface area contributed by atoms with Crippen LogP contribution in [0, 0.1) is 0 Å². The van der Waals surface area contributed by atoms with Gasteiger partial charge in [0.2, 0.25) is 11.8 Å². The van der Waals surface area contributed by atoms with Gasteiger partial charge >= 0.3 is 0 Å². The highest BCUT2D eigenvalue weighted by Crippen LogP contribution is 2.30. The molecule has 1 aromatic rings. The maximum atomic E-state index is 12.3. The number of nitrogens with one attached hydrogen (secondary N) is 1. The molecule has 1 aliphatic rings. The molecule has 0 unspecified atom stereocenters. The van der Waals surface area contributed by atoms with Gasteiger partial charge < -0.3 is 19.7 Å². The summed E-state index contributed by atoms with van der Waals surface area (Å²) in [7, 11) is 3.28. The SMILES string of the molecule is COCCN(CCOC)CC(=O)Nc1ccc2c(c1)CCN2C(C)=O. The van der Waals surface area contributed by atoms with Crippen LogP contribution in [-0.2, 0) is 25.5 Å². The fourth-order valence-corrected chi connectivity index (χ4v) is 2.92. The van der Waals surface area contributed by atoms with Crippen LogP contribution in [0.5, 0.6) is 0 Å². The van der Waals surface area contributed by atoms with Gasteiger partial charge in [0.1, 0.15) is 0 Å². The van der Waals surface area contributed by atoms with Crippen molar-refractivity contribution in [1.29, 1.82) is 0 Å². The van der Waals surface area contributed by atoms with Crippen LogP contribution >= 0.6 is 0 Å². The number of hydrogen-bond acceptors (Lipinski definition) is 5. The Morgan fingerprint density at radius 2 is 1.88 bits per heavy atom. The van der Waals surface area contributed by atoms with E-state index in [0.717, 1.165) is 23.4 Å². The van der Waals surface area contributed by atoms with Gasteiger partial charge in [0.15, 0.2) is 0 Å². The van der Waals surface area contributed by atoms with Gasteiger partial charge in [0.05, 0.1) is 19.8 Å². The number of nitrogens with zero attached hydrogens (tertiary/aromatic N) is 2. The Hall–Kier alpha value is -1.96. The maximum Gasteiger partial charge on any atom is 0.238 e. The molecule has 0 aromatic heterocycles. The van der Waals surface area contributed by atoms with Crippen LogP contribution in [-0.4, -0.2) is 70.3 Å². The molecule has 0 bridgehead atoms. The molecule has 7 heteroatoms. The minimum atomic E-state index is -0.0754. The third kappa shape index (κ3) is 5.52. The van der Waals surface area contributed by atoms with E-state index in [1.807, 2.05) is 23.1 Å². The second kappa shape index (κ2) is 9.50. The molecule has 1 heterocycles. The largest absolute Gasteiger partial charge is 0.383 e. The van der Waals surface area contributed by atoms with Crippen LogP contribution in [0.25, 0.3) is 0 Å². The second-order valence-electron chi connectivity index (χ2n) is 6.07. The molecular weight excluding hydrogens is 322 g/mol. The van der Waals surface area contributed by atoms with Gasteiger partial charge in [-0.05, 0) is 30.2 Å². The van der Waals surface area contributed by atoms with Gasteiger partial charge in [-0.1, -0.05) is 0 Å². The molecule has 1 aliphatic heterocycles. The quantitative estimate of drug-likeness (QED) is 0.724. The number of methoxy groups -OCH3 is 2. The minimum absolute atomic E-state index is 0.0439. The molecule has 7 nitrogen and oxygen atoms in total. The van der Waals surface area contributed by atoms with Gasteiger partial charge in [-0.2, -0.15) is 0 Å². The fraction of sp³-hybridized carbons (Fsp3) is 0.556. The lowest BCUT2D eigenvalue weighted by molar-refractivity contribution is -0.118. The number of benzene rings is 1. The van der Waals surface area contributed by atoms with Crippen molar-refractivity contribution < 1.29 is 19.1 Å². The first kappa shape index (κ1) is 19.4. The Kier molecular flexibility index (Phi) is 7.36. The van der Waals surface area contributed by atoms with E-state index >= 15 is 0 Å². The zero-order valence-corrected chi connectivity index (χ0v) is 15.2. The molecule has 25 heavy (non-hydrogen) atoms. The van der Waals surface area contributed by atoms with E-state index in [-0.39, 0.29) is 18.4 Å². The molecule has 0 spiro atoms. The van der Waals surface area contributed by atoms with Crippen molar-refractivity contribution in [2.75, 3.05) is 63.8 Å². The van der Waals surface area contributed by atoms with Crippen molar-refractivity contribution in [1.82, 2.24) is 4.90 Å². The molecule has 1 N–H and O–H groups in total. The van der Waals surface area contributed by atoms with Crippen LogP contribution in [0.1, 0.15) is 12.5 Å². The Balaban J connectivity index is 1.94. The van der Waals surface area contributed by atoms with Gasteiger partial charge in [0.25, 0.3) is 0 Å². The molecule has 0 radical (unpaired) electrons. The second-order valence-corrected chi connectivity index (χ2v) is 6.07. The number of ether oxygens (including phenoxy) is 2. The van der Waals surface area contributed by atoms with E-state index < -0.39 is 0 Å². The first-order valence-electron chi connectivity index (χ1n) is 8.46. The van der Waals surface area contributed by atoms with Crippen LogP contribution in [0.2, 0.25) is 0 Å². The summed E-state index contributed by atoms with van der Waals surface area (Å²) in [6.07, 6.45) is 0.812. The monoisotopic (exact) mass is 349 g/mol. The average Bonchev–Trinajstić information content (AvgIpc) is 3.00. The highest BCUT2D eigenvalue weighted by molar-refractivity contribution is 5.96. The third-order valence-electron chi connectivity index (χ3n) is 4.23. The van der Waals surface area contributed by atoms with Crippen LogP contribution < -0.4 is 10.2 Å². The summed E-state index contributed by atoms with van der Waals surface area (Å²) >= 11 is 0. The van der Waals surface area contributed by atoms with Crippen molar-refractivity contribution in [3.8, 4) is 0 Å². The van der Waals surface area contributed by atoms with E-state index in [0.29, 0.717) is 32.8 Å². The van der Waals surface area contributed by atoms with Gasteiger partial charge in [-0.25, -0.2) is 0 Å². The summed E-state index contributed by atoms with van der Waals surface area (Å²) in [5.74, 6) is -0.0314. The number of amides is 2. The molecule has 0 saturated carbocycles. The van der Waals surface area contributed by atoms with E-state index in [2.05, 4.69) is 5.32 Å². The summed E-state index contributed by atoms with van der Waals surface area (Å²) in [4.78, 5) is 27.7. The van der Waals surface area contributed by atoms with Crippen molar-refractivity contribution in [2.45, 2.75) is 13.3 Å². The molecule has 1 aromatic carbocycles. The van der Waals surface area contributed by atoms with Gasteiger partial charge in [-0.15, -0.1) is 0 Å². The Bertz CT molecular complexity index is 598. The van der Waals surface area contributed by atoms with Crippen molar-refractivity contribution in [2.24, 2.45) is 0 Å². The number of fused-ring (bicyclic) bond motifs is 1. The Morgan fingerprint density at radius 1 is 1.20 bits per heavy atom. The summed E-state index contributed by atoms with van der Waals surface area (Å²) in [6, 6.07) is 5.68. The van der Waals surface area contributed by atoms with E-state index in [1.165, 1.54) is 0 Å². The Labute approximate surface area is 148 Å². The molecule has 138 valence electrons. The zero-order chi connectivity index (χ0) is 18.2. The molecule has 0 atom stereocenters. The summed E-state index contributed by atoms with van der Waals surface area (Å²) < 4.78 is 10.2. The molecule has 2 rings (SSSR count). The number of hydrogen-bond donors (Lipinski definition) is 1. The lowest BCUT2D eigenvalue weighted by Gasteiger charge is -2.21. The molecule has 0 fully saturated rings. The molecule has 0 saturated heterocycles. The minimum Gasteiger partial charge on any atom is -0.383 e. The lowest BCUT2D eigenvalue weighted by atomic mass is 10.1. The fourth-order valence-electron chi connectivity index (χ4n) is 2.92. The van der Waals surface area contributed by atoms with E-state index in [1.54, 1.807) is 26.0 Å². The summed E-state index contributed by atoms with van der Waals surface area (Å²) in [5, 5.41) is 2.93. The average molecular weight is 349 g/mol. The topological polar surface area (TPSA) is 71.1 Å². The highest BCUT2D eigenvalue weighted by Gasteiger charge is 2.22. The number of carbonyl (C=O) groups excluding carboxylic acids is 2. The van der Waals surface area contributed by atoms with Crippen molar-refractivity contribution >= 4 is 23.2 Å². The number of rotatable bonds is 9. The van der Waals surface area contributed by atoms with Crippen LogP contribution in [0.4, 0.5) is 11.4 Å². The zero-order valence-electron chi connectivity index (χ0n) is 15.2. The standard InChI is InChI=1S/C18H27N3O4/c1-14(22)21-7-6-15-12-16(4-5-17(15)21)19-18(23)13-20(8-10-24-2)9-11-25-3/h4-5,12H,6-11,13H2,1-3H3,(H,19,23). The predicted octanol–water partition coefficient (Wildman–Crippen LogP) is 1.13. The predicted molar refractivity (Wildman–Crippen MR) is 97.0 cm³/mol. The van der Waals surface area contributed by atoms with Crippen molar-refractivity contribution in [3.05, 3.63) is 23.8 Å². The van der Waals surface area contributed by atoms with Crippen molar-refractivity contribution in [3.63, 3.8) is 0 Å². The first-order valence-corrected chi connectivity index (χ1v) is 8.46. The third-order valence-corrected chi connectivity index (χ3v) is 4.23. The van der Waals surface area contributed by atoms with Gasteiger partial charge in [0, 0.05) is 52.2 Å². The smallest absolute Gasteiger partial charge is 0.238 e. The van der Waals surface area contributed by atoms with E-state index in [9.17, 15) is 9.59 Å². The lowest BCUT2D eigenvalue weighted by Crippen LogP contribution is -2.37. The van der Waals surface area contributed by atoms with Crippen LogP contribution in [0.15, 0.2) is 18.2 Å². The first-order chi connectivity index (χ1) is 12.0. The Morgan fingerprint density at radius 3 is 2.48 bits per heavy atom. The summed E-state index contributed by atoms with van der Waals surface area (Å²) in [6.45, 7) is 5.02. The summed E-state index contributed by atoms with van der Waals surface area (Å²) in [5.41, 5.74) is 2.78. The van der Waals surface area contributed by atoms with E-state index in [4.69, 9.17) is 9.47 Å². The van der Waals surface area contributed by atoms with Crippen LogP contribution in [0.3, 0.4) is 0 Å². The van der Waals surface area contributed by atoms with Gasteiger partial charge in [-0.3, -0.25) is 14.5 Å².